The zero-order valence-electron chi connectivity index (χ0n) is 11.5. The molecule has 0 saturated heterocycles. The highest BCUT2D eigenvalue weighted by molar-refractivity contribution is 5.85. The van der Waals surface area contributed by atoms with Crippen LogP contribution in [0.15, 0.2) is 35.1 Å². The smallest absolute Gasteiger partial charge is 0.412 e. The molecule has 1 atom stereocenters. The van der Waals surface area contributed by atoms with Crippen molar-refractivity contribution in [3.8, 4) is 5.75 Å². The summed E-state index contributed by atoms with van der Waals surface area (Å²) in [5.74, 6) is 0.675. The van der Waals surface area contributed by atoms with Crippen LogP contribution in [0.1, 0.15) is 24.3 Å². The number of hydrogen-bond donors (Lipinski definition) is 1. The van der Waals surface area contributed by atoms with Gasteiger partial charge in [0.2, 0.25) is 0 Å². The molecule has 0 aliphatic heterocycles. The van der Waals surface area contributed by atoms with Crippen LogP contribution >= 0.6 is 0 Å². The Hall–Kier alpha value is -2.50. The molecule has 2 aromatic rings. The van der Waals surface area contributed by atoms with Crippen molar-refractivity contribution in [2.45, 2.75) is 20.0 Å². The molecular formula is C14H16N2O4. The maximum atomic E-state index is 11.8. The zero-order valence-corrected chi connectivity index (χ0v) is 11.5. The van der Waals surface area contributed by atoms with Crippen LogP contribution in [0.5, 0.6) is 5.75 Å². The van der Waals surface area contributed by atoms with Gasteiger partial charge in [-0.3, -0.25) is 5.32 Å². The number of nitrogens with one attached hydrogen (secondary N) is 1. The molecule has 2 rings (SSSR count). The molecule has 0 saturated carbocycles. The van der Waals surface area contributed by atoms with Crippen LogP contribution < -0.4 is 10.1 Å². The summed E-state index contributed by atoms with van der Waals surface area (Å²) in [7, 11) is 1.58. The fraction of sp³-hybridized carbons (Fsp3) is 0.286. The lowest BCUT2D eigenvalue weighted by Gasteiger charge is -2.16. The zero-order chi connectivity index (χ0) is 14.5. The third kappa shape index (κ3) is 3.09. The molecule has 0 bridgehead atoms. The van der Waals surface area contributed by atoms with Crippen molar-refractivity contribution >= 4 is 11.8 Å². The summed E-state index contributed by atoms with van der Waals surface area (Å²) in [5, 5.41) is 6.24. The number of para-hydroxylation sites is 1. The summed E-state index contributed by atoms with van der Waals surface area (Å²) in [6, 6.07) is 7.38. The Morgan fingerprint density at radius 3 is 2.80 bits per heavy atom. The van der Waals surface area contributed by atoms with Crippen LogP contribution in [-0.2, 0) is 4.74 Å². The first-order valence-electron chi connectivity index (χ1n) is 6.13. The van der Waals surface area contributed by atoms with Crippen LogP contribution in [0.25, 0.3) is 0 Å². The molecule has 6 heteroatoms. The van der Waals surface area contributed by atoms with Gasteiger partial charge in [0.1, 0.15) is 29.5 Å². The highest BCUT2D eigenvalue weighted by Gasteiger charge is 2.16. The molecular weight excluding hydrogens is 260 g/mol. The van der Waals surface area contributed by atoms with Gasteiger partial charge in [0, 0.05) is 5.56 Å². The standard InChI is InChI=1S/C14H16N2O4/c1-9-12(8-19-16-9)15-14(17)20-10(2)11-6-4-5-7-13(11)18-3/h4-8,10H,1-3H3,(H,15,17). The van der Waals surface area contributed by atoms with Crippen molar-refractivity contribution in [2.75, 3.05) is 12.4 Å². The number of carbonyl (C=O) groups excluding carboxylic acids is 1. The van der Waals surface area contributed by atoms with E-state index in [0.29, 0.717) is 17.1 Å². The largest absolute Gasteiger partial charge is 0.496 e. The molecule has 6 nitrogen and oxygen atoms in total. The lowest BCUT2D eigenvalue weighted by Crippen LogP contribution is -2.16. The molecule has 1 heterocycles. The van der Waals surface area contributed by atoms with Crippen molar-refractivity contribution < 1.29 is 18.8 Å². The third-order valence-electron chi connectivity index (χ3n) is 2.85. The molecule has 0 spiro atoms. The van der Waals surface area contributed by atoms with Crippen LogP contribution in [0, 0.1) is 6.92 Å². The number of benzene rings is 1. The summed E-state index contributed by atoms with van der Waals surface area (Å²) < 4.78 is 15.3. The number of carbonyl (C=O) groups is 1. The number of rotatable bonds is 4. The van der Waals surface area contributed by atoms with E-state index >= 15 is 0 Å². The number of anilines is 1. The Kier molecular flexibility index (Phi) is 4.24. The minimum absolute atomic E-state index is 0.439. The molecule has 0 aliphatic carbocycles. The quantitative estimate of drug-likeness (QED) is 0.927. The molecule has 106 valence electrons. The number of nitrogens with zero attached hydrogens (tertiary/aromatic N) is 1. The van der Waals surface area contributed by atoms with Gasteiger partial charge in [0.05, 0.1) is 7.11 Å². The van der Waals surface area contributed by atoms with Gasteiger partial charge in [-0.25, -0.2) is 4.79 Å². The lowest BCUT2D eigenvalue weighted by molar-refractivity contribution is 0.119. The predicted molar refractivity (Wildman–Crippen MR) is 72.8 cm³/mol. The molecule has 0 aliphatic rings. The Balaban J connectivity index is 2.02. The van der Waals surface area contributed by atoms with E-state index < -0.39 is 12.2 Å². The topological polar surface area (TPSA) is 73.6 Å². The highest BCUT2D eigenvalue weighted by Crippen LogP contribution is 2.27. The molecule has 1 aromatic heterocycles. The van der Waals surface area contributed by atoms with Crippen molar-refractivity contribution in [1.29, 1.82) is 0 Å². The minimum Gasteiger partial charge on any atom is -0.496 e. The number of amides is 1. The Bertz CT molecular complexity index is 594. The molecule has 1 aromatic carbocycles. The predicted octanol–water partition coefficient (Wildman–Crippen LogP) is 3.30. The van der Waals surface area contributed by atoms with E-state index in [1.165, 1.54) is 6.26 Å². The average molecular weight is 276 g/mol. The first kappa shape index (κ1) is 13.9. The number of methoxy groups -OCH3 is 1. The number of aryl methyl sites for hydroxylation is 1. The van der Waals surface area contributed by atoms with Gasteiger partial charge in [0.15, 0.2) is 0 Å². The third-order valence-corrected chi connectivity index (χ3v) is 2.85. The van der Waals surface area contributed by atoms with E-state index in [-0.39, 0.29) is 0 Å². The number of aromatic nitrogens is 1. The summed E-state index contributed by atoms with van der Waals surface area (Å²) >= 11 is 0. The minimum atomic E-state index is -0.574. The lowest BCUT2D eigenvalue weighted by atomic mass is 10.1. The second-order valence-corrected chi connectivity index (χ2v) is 4.23. The van der Waals surface area contributed by atoms with E-state index in [9.17, 15) is 4.79 Å². The number of hydrogen-bond acceptors (Lipinski definition) is 5. The van der Waals surface area contributed by atoms with Crippen LogP contribution in [0.3, 0.4) is 0 Å². The molecule has 20 heavy (non-hydrogen) atoms. The normalized spacial score (nSPS) is 11.8. The SMILES string of the molecule is COc1ccccc1C(C)OC(=O)Nc1conc1C. The van der Waals surface area contributed by atoms with Crippen molar-refractivity contribution in [3.05, 3.63) is 41.8 Å². The Labute approximate surface area is 116 Å². The van der Waals surface area contributed by atoms with E-state index in [1.807, 2.05) is 24.3 Å². The van der Waals surface area contributed by atoms with Gasteiger partial charge in [0.25, 0.3) is 0 Å². The highest BCUT2D eigenvalue weighted by atomic mass is 16.6. The van der Waals surface area contributed by atoms with Crippen molar-refractivity contribution in [2.24, 2.45) is 0 Å². The summed E-state index contributed by atoms with van der Waals surface area (Å²) in [4.78, 5) is 11.8. The maximum Gasteiger partial charge on any atom is 0.412 e. The van der Waals surface area contributed by atoms with Gasteiger partial charge >= 0.3 is 6.09 Å². The van der Waals surface area contributed by atoms with Gasteiger partial charge in [-0.15, -0.1) is 0 Å². The van der Waals surface area contributed by atoms with E-state index in [1.54, 1.807) is 21.0 Å². The van der Waals surface area contributed by atoms with Gasteiger partial charge in [-0.2, -0.15) is 0 Å². The van der Waals surface area contributed by atoms with Crippen LogP contribution in [-0.4, -0.2) is 18.4 Å². The Morgan fingerprint density at radius 1 is 1.40 bits per heavy atom. The maximum absolute atomic E-state index is 11.8. The van der Waals surface area contributed by atoms with E-state index in [2.05, 4.69) is 10.5 Å². The molecule has 0 fully saturated rings. The van der Waals surface area contributed by atoms with Crippen molar-refractivity contribution in [3.63, 3.8) is 0 Å². The monoisotopic (exact) mass is 276 g/mol. The molecule has 0 radical (unpaired) electrons. The molecule has 1 N–H and O–H groups in total. The van der Waals surface area contributed by atoms with Gasteiger partial charge in [-0.05, 0) is 19.9 Å². The first-order valence-corrected chi connectivity index (χ1v) is 6.13. The van der Waals surface area contributed by atoms with Gasteiger partial charge in [-0.1, -0.05) is 23.4 Å². The van der Waals surface area contributed by atoms with E-state index in [0.717, 1.165) is 5.56 Å². The van der Waals surface area contributed by atoms with Crippen LogP contribution in [0.2, 0.25) is 0 Å². The summed E-state index contributed by atoms with van der Waals surface area (Å²) in [6.07, 6.45) is 0.339. The first-order chi connectivity index (χ1) is 9.61. The fourth-order valence-corrected chi connectivity index (χ4v) is 1.78. The second-order valence-electron chi connectivity index (χ2n) is 4.23. The fourth-order valence-electron chi connectivity index (χ4n) is 1.78. The second kappa shape index (κ2) is 6.10. The molecule has 1 unspecified atom stereocenters. The average Bonchev–Trinajstić information content (AvgIpc) is 2.84. The van der Waals surface area contributed by atoms with Gasteiger partial charge < -0.3 is 14.0 Å². The van der Waals surface area contributed by atoms with Crippen LogP contribution in [0.4, 0.5) is 10.5 Å². The summed E-state index contributed by atoms with van der Waals surface area (Å²) in [6.45, 7) is 3.50. The number of ether oxygens (including phenoxy) is 2. The van der Waals surface area contributed by atoms with E-state index in [4.69, 9.17) is 14.0 Å². The Morgan fingerprint density at radius 2 is 2.15 bits per heavy atom. The summed E-state index contributed by atoms with van der Waals surface area (Å²) in [5.41, 5.74) is 1.88. The molecule has 1 amide bonds. The van der Waals surface area contributed by atoms with Crippen molar-refractivity contribution in [1.82, 2.24) is 5.16 Å².